The van der Waals surface area contributed by atoms with Crippen molar-refractivity contribution in [2.24, 2.45) is 0 Å². The Morgan fingerprint density at radius 3 is 2.37 bits per heavy atom. The second-order valence-electron chi connectivity index (χ2n) is 6.17. The number of esters is 1. The summed E-state index contributed by atoms with van der Waals surface area (Å²) in [6, 6.07) is 12.5. The first-order valence-electron chi connectivity index (χ1n) is 9.62. The zero-order valence-electron chi connectivity index (χ0n) is 17.3. The Morgan fingerprint density at radius 1 is 1.00 bits per heavy atom. The number of ether oxygens (including phenoxy) is 2. The van der Waals surface area contributed by atoms with Gasteiger partial charge < -0.3 is 14.8 Å². The van der Waals surface area contributed by atoms with Gasteiger partial charge in [0.15, 0.2) is 6.61 Å². The number of sulfonamides is 1. The lowest BCUT2D eigenvalue weighted by molar-refractivity contribution is -0.119. The molecule has 0 saturated heterocycles. The third kappa shape index (κ3) is 5.80. The summed E-state index contributed by atoms with van der Waals surface area (Å²) in [5.41, 5.74) is 0.512. The second-order valence-corrected chi connectivity index (χ2v) is 8.11. The number of nitrogens with one attached hydrogen (secondary N) is 1. The Hall–Kier alpha value is -2.91. The highest BCUT2D eigenvalue weighted by molar-refractivity contribution is 7.89. The first-order chi connectivity index (χ1) is 14.3. The summed E-state index contributed by atoms with van der Waals surface area (Å²) < 4.78 is 37.0. The van der Waals surface area contributed by atoms with E-state index in [0.717, 1.165) is 0 Å². The molecule has 0 aliphatic carbocycles. The molecule has 0 fully saturated rings. The van der Waals surface area contributed by atoms with Crippen molar-refractivity contribution < 1.29 is 27.5 Å². The fourth-order valence-corrected chi connectivity index (χ4v) is 4.27. The molecule has 0 aliphatic rings. The van der Waals surface area contributed by atoms with Crippen molar-refractivity contribution in [1.82, 2.24) is 4.31 Å². The number of nitrogens with zero attached hydrogens (tertiary/aromatic N) is 1. The molecule has 0 heterocycles. The summed E-state index contributed by atoms with van der Waals surface area (Å²) in [5, 5.41) is 2.55. The molecule has 0 unspecified atom stereocenters. The minimum Gasteiger partial charge on any atom is -0.493 e. The van der Waals surface area contributed by atoms with E-state index in [9.17, 15) is 18.0 Å². The van der Waals surface area contributed by atoms with Gasteiger partial charge in [-0.1, -0.05) is 32.0 Å². The normalized spacial score (nSPS) is 11.2. The summed E-state index contributed by atoms with van der Waals surface area (Å²) >= 11 is 0. The van der Waals surface area contributed by atoms with Crippen molar-refractivity contribution in [3.05, 3.63) is 54.1 Å². The molecule has 0 aromatic heterocycles. The molecule has 0 spiro atoms. The zero-order valence-corrected chi connectivity index (χ0v) is 18.1. The van der Waals surface area contributed by atoms with E-state index in [-0.39, 0.29) is 10.5 Å². The van der Waals surface area contributed by atoms with E-state index >= 15 is 0 Å². The molecule has 162 valence electrons. The van der Waals surface area contributed by atoms with E-state index < -0.39 is 28.5 Å². The van der Waals surface area contributed by atoms with Gasteiger partial charge >= 0.3 is 5.97 Å². The van der Waals surface area contributed by atoms with Crippen molar-refractivity contribution in [2.75, 3.05) is 31.6 Å². The van der Waals surface area contributed by atoms with Gasteiger partial charge in [-0.05, 0) is 37.3 Å². The van der Waals surface area contributed by atoms with Crippen LogP contribution in [0.25, 0.3) is 0 Å². The molecule has 2 rings (SSSR count). The number of benzene rings is 2. The number of hydrogen-bond acceptors (Lipinski definition) is 6. The van der Waals surface area contributed by atoms with Crippen molar-refractivity contribution in [2.45, 2.75) is 25.7 Å². The Morgan fingerprint density at radius 2 is 1.70 bits per heavy atom. The fourth-order valence-electron chi connectivity index (χ4n) is 2.77. The molecule has 0 saturated carbocycles. The number of anilines is 1. The van der Waals surface area contributed by atoms with Crippen LogP contribution in [0.15, 0.2) is 53.4 Å². The van der Waals surface area contributed by atoms with Gasteiger partial charge in [0.1, 0.15) is 11.3 Å². The second kappa shape index (κ2) is 10.7. The summed E-state index contributed by atoms with van der Waals surface area (Å²) in [6.45, 7) is 5.85. The van der Waals surface area contributed by atoms with E-state index in [2.05, 4.69) is 5.32 Å². The zero-order chi connectivity index (χ0) is 22.1. The van der Waals surface area contributed by atoms with Crippen LogP contribution >= 0.6 is 0 Å². The van der Waals surface area contributed by atoms with Crippen molar-refractivity contribution in [3.8, 4) is 5.75 Å². The van der Waals surface area contributed by atoms with Crippen LogP contribution in [0.1, 0.15) is 31.1 Å². The molecule has 0 atom stereocenters. The van der Waals surface area contributed by atoms with Gasteiger partial charge in [-0.15, -0.1) is 0 Å². The van der Waals surface area contributed by atoms with Gasteiger partial charge in [-0.25, -0.2) is 13.2 Å². The van der Waals surface area contributed by atoms with Gasteiger partial charge in [0.05, 0.1) is 11.5 Å². The Labute approximate surface area is 176 Å². The smallest absolute Gasteiger partial charge is 0.342 e. The highest BCUT2D eigenvalue weighted by Gasteiger charge is 2.22. The van der Waals surface area contributed by atoms with Crippen LogP contribution in [0, 0.1) is 0 Å². The molecule has 9 heteroatoms. The molecular formula is C21H26N2O6S. The van der Waals surface area contributed by atoms with E-state index in [1.807, 2.05) is 0 Å². The first kappa shape index (κ1) is 23.4. The summed E-state index contributed by atoms with van der Waals surface area (Å²) in [5.74, 6) is -0.901. The molecule has 0 aliphatic heterocycles. The molecule has 8 nitrogen and oxygen atoms in total. The predicted molar refractivity (Wildman–Crippen MR) is 113 cm³/mol. The maximum Gasteiger partial charge on any atom is 0.342 e. The first-order valence-corrected chi connectivity index (χ1v) is 11.1. The minimum atomic E-state index is -3.65. The molecule has 30 heavy (non-hydrogen) atoms. The summed E-state index contributed by atoms with van der Waals surface area (Å²) in [7, 11) is -3.65. The SMILES string of the molecule is CCOc1ccccc1C(=O)OCC(=O)Nc1cccc(S(=O)(=O)N(CC)CC)c1. The van der Waals surface area contributed by atoms with Gasteiger partial charge in [-0.2, -0.15) is 4.31 Å². The van der Waals surface area contributed by atoms with Crippen molar-refractivity contribution in [1.29, 1.82) is 0 Å². The Bertz CT molecular complexity index is 986. The molecule has 2 aromatic carbocycles. The van der Waals surface area contributed by atoms with Crippen LogP contribution in [-0.2, 0) is 19.6 Å². The fraction of sp³-hybridized carbons (Fsp3) is 0.333. The van der Waals surface area contributed by atoms with Gasteiger partial charge in [0.25, 0.3) is 5.91 Å². The molecule has 2 aromatic rings. The lowest BCUT2D eigenvalue weighted by Gasteiger charge is -2.18. The van der Waals surface area contributed by atoms with Crippen LogP contribution in [0.3, 0.4) is 0 Å². The van der Waals surface area contributed by atoms with E-state index in [0.29, 0.717) is 31.1 Å². The van der Waals surface area contributed by atoms with Crippen LogP contribution in [0.2, 0.25) is 0 Å². The number of hydrogen-bond donors (Lipinski definition) is 1. The summed E-state index contributed by atoms with van der Waals surface area (Å²) in [4.78, 5) is 24.5. The topological polar surface area (TPSA) is 102 Å². The highest BCUT2D eigenvalue weighted by atomic mass is 32.2. The van der Waals surface area contributed by atoms with Crippen LogP contribution in [-0.4, -0.2) is 50.9 Å². The number of carbonyl (C=O) groups excluding carboxylic acids is 2. The standard InChI is InChI=1S/C21H26N2O6S/c1-4-23(5-2)30(26,27)17-11-9-10-16(14-17)22-20(24)15-29-21(25)18-12-7-8-13-19(18)28-6-3/h7-14H,4-6,15H2,1-3H3,(H,22,24). The lowest BCUT2D eigenvalue weighted by atomic mass is 10.2. The third-order valence-electron chi connectivity index (χ3n) is 4.20. The quantitative estimate of drug-likeness (QED) is 0.577. The van der Waals surface area contributed by atoms with Crippen LogP contribution < -0.4 is 10.1 Å². The van der Waals surface area contributed by atoms with E-state index in [4.69, 9.17) is 9.47 Å². The van der Waals surface area contributed by atoms with E-state index in [1.165, 1.54) is 22.5 Å². The average Bonchev–Trinajstić information content (AvgIpc) is 2.73. The maximum atomic E-state index is 12.6. The number of amides is 1. The van der Waals surface area contributed by atoms with Crippen LogP contribution in [0.4, 0.5) is 5.69 Å². The van der Waals surface area contributed by atoms with Crippen molar-refractivity contribution in [3.63, 3.8) is 0 Å². The average molecular weight is 435 g/mol. The van der Waals surface area contributed by atoms with Crippen molar-refractivity contribution >= 4 is 27.6 Å². The monoisotopic (exact) mass is 434 g/mol. The number of para-hydroxylation sites is 1. The van der Waals surface area contributed by atoms with Gasteiger partial charge in [-0.3, -0.25) is 4.79 Å². The number of rotatable bonds is 10. The molecule has 1 N–H and O–H groups in total. The maximum absolute atomic E-state index is 12.6. The summed E-state index contributed by atoms with van der Waals surface area (Å²) in [6.07, 6.45) is 0. The van der Waals surface area contributed by atoms with Crippen LogP contribution in [0.5, 0.6) is 5.75 Å². The molecular weight excluding hydrogens is 408 g/mol. The Kier molecular flexibility index (Phi) is 8.37. The lowest BCUT2D eigenvalue weighted by Crippen LogP contribution is -2.30. The molecule has 0 radical (unpaired) electrons. The molecule has 1 amide bonds. The third-order valence-corrected chi connectivity index (χ3v) is 6.25. The molecule has 0 bridgehead atoms. The Balaban J connectivity index is 2.03. The van der Waals surface area contributed by atoms with Gasteiger partial charge in [0, 0.05) is 18.8 Å². The van der Waals surface area contributed by atoms with Gasteiger partial charge in [0.2, 0.25) is 10.0 Å². The largest absolute Gasteiger partial charge is 0.493 e. The van der Waals surface area contributed by atoms with E-state index in [1.54, 1.807) is 51.1 Å². The highest BCUT2D eigenvalue weighted by Crippen LogP contribution is 2.20. The minimum absolute atomic E-state index is 0.0756. The number of carbonyl (C=O) groups is 2. The predicted octanol–water partition coefficient (Wildman–Crippen LogP) is 2.91.